The molecule has 3 nitrogen and oxygen atoms in total. The van der Waals surface area contributed by atoms with Crippen LogP contribution in [0.2, 0.25) is 0 Å². The van der Waals surface area contributed by atoms with Gasteiger partial charge in [-0.25, -0.2) is 4.79 Å². The maximum absolute atomic E-state index is 11.9. The van der Waals surface area contributed by atoms with Crippen molar-refractivity contribution in [2.45, 2.75) is 46.5 Å². The first kappa shape index (κ1) is 15.5. The first-order valence-corrected chi connectivity index (χ1v) is 6.81. The van der Waals surface area contributed by atoms with Crippen LogP contribution in [0.5, 0.6) is 5.75 Å². The summed E-state index contributed by atoms with van der Waals surface area (Å²) in [6, 6.07) is 3.76. The molecular formula is C16H24O3. The van der Waals surface area contributed by atoms with E-state index in [4.69, 9.17) is 9.47 Å². The summed E-state index contributed by atoms with van der Waals surface area (Å²) in [6.07, 6.45) is 0. The standard InChI is InChI=1S/C16H24O3/c1-7-19-16(17)12-8-13(10(2)3)15(18-6)14(9-12)11(4)5/h8-11H,7H2,1-6H3. The molecule has 0 amide bonds. The largest absolute Gasteiger partial charge is 0.496 e. The average molecular weight is 264 g/mol. The Morgan fingerprint density at radius 3 is 1.89 bits per heavy atom. The van der Waals surface area contributed by atoms with Crippen LogP contribution in [0, 0.1) is 0 Å². The summed E-state index contributed by atoms with van der Waals surface area (Å²) in [5.74, 6) is 1.20. The highest BCUT2D eigenvalue weighted by atomic mass is 16.5. The molecule has 0 bridgehead atoms. The number of methoxy groups -OCH3 is 1. The van der Waals surface area contributed by atoms with Gasteiger partial charge in [0.25, 0.3) is 0 Å². The Morgan fingerprint density at radius 2 is 1.58 bits per heavy atom. The van der Waals surface area contributed by atoms with Crippen molar-refractivity contribution in [1.29, 1.82) is 0 Å². The first-order valence-electron chi connectivity index (χ1n) is 6.81. The third kappa shape index (κ3) is 3.49. The molecular weight excluding hydrogens is 240 g/mol. The topological polar surface area (TPSA) is 35.5 Å². The molecule has 0 heterocycles. The van der Waals surface area contributed by atoms with Crippen LogP contribution >= 0.6 is 0 Å². The molecule has 0 aliphatic rings. The molecule has 3 heteroatoms. The minimum atomic E-state index is -0.269. The number of benzene rings is 1. The Balaban J connectivity index is 3.41. The fourth-order valence-electron chi connectivity index (χ4n) is 2.10. The monoisotopic (exact) mass is 264 g/mol. The Morgan fingerprint density at radius 1 is 1.11 bits per heavy atom. The third-order valence-corrected chi connectivity index (χ3v) is 3.11. The van der Waals surface area contributed by atoms with Crippen LogP contribution in [0.3, 0.4) is 0 Å². The molecule has 0 radical (unpaired) electrons. The predicted octanol–water partition coefficient (Wildman–Crippen LogP) is 4.12. The molecule has 1 rings (SSSR count). The Bertz CT molecular complexity index is 418. The molecule has 106 valence electrons. The fourth-order valence-corrected chi connectivity index (χ4v) is 2.10. The normalized spacial score (nSPS) is 10.9. The second-order valence-electron chi connectivity index (χ2n) is 5.22. The predicted molar refractivity (Wildman–Crippen MR) is 77.1 cm³/mol. The van der Waals surface area contributed by atoms with Crippen molar-refractivity contribution < 1.29 is 14.3 Å². The molecule has 0 unspecified atom stereocenters. The summed E-state index contributed by atoms with van der Waals surface area (Å²) in [4.78, 5) is 11.9. The average Bonchev–Trinajstić information content (AvgIpc) is 2.36. The van der Waals surface area contributed by atoms with Crippen LogP contribution in [0.4, 0.5) is 0 Å². The van der Waals surface area contributed by atoms with Crippen molar-refractivity contribution in [3.05, 3.63) is 28.8 Å². The number of hydrogen-bond donors (Lipinski definition) is 0. The van der Waals surface area contributed by atoms with Crippen molar-refractivity contribution >= 4 is 5.97 Å². The van der Waals surface area contributed by atoms with Gasteiger partial charge in [-0.15, -0.1) is 0 Å². The fraction of sp³-hybridized carbons (Fsp3) is 0.562. The van der Waals surface area contributed by atoms with Crippen LogP contribution in [-0.2, 0) is 4.74 Å². The Kier molecular flexibility index (Phi) is 5.40. The van der Waals surface area contributed by atoms with Crippen LogP contribution in [0.25, 0.3) is 0 Å². The van der Waals surface area contributed by atoms with E-state index in [2.05, 4.69) is 27.7 Å². The van der Waals surface area contributed by atoms with Gasteiger partial charge in [0.15, 0.2) is 0 Å². The van der Waals surface area contributed by atoms with E-state index in [1.807, 2.05) is 19.1 Å². The summed E-state index contributed by atoms with van der Waals surface area (Å²) in [5, 5.41) is 0. The number of rotatable bonds is 5. The number of hydrogen-bond acceptors (Lipinski definition) is 3. The molecule has 0 N–H and O–H groups in total. The second kappa shape index (κ2) is 6.60. The molecule has 1 aromatic rings. The molecule has 0 fully saturated rings. The lowest BCUT2D eigenvalue weighted by Crippen LogP contribution is -2.09. The lowest BCUT2D eigenvalue weighted by molar-refractivity contribution is 0.0526. The summed E-state index contributed by atoms with van der Waals surface area (Å²) in [6.45, 7) is 10.6. The van der Waals surface area contributed by atoms with Gasteiger partial charge in [0, 0.05) is 0 Å². The van der Waals surface area contributed by atoms with Gasteiger partial charge in [-0.05, 0) is 42.0 Å². The van der Waals surface area contributed by atoms with Crippen LogP contribution < -0.4 is 4.74 Å². The molecule has 0 saturated heterocycles. The zero-order chi connectivity index (χ0) is 14.6. The van der Waals surface area contributed by atoms with Crippen molar-refractivity contribution in [3.8, 4) is 5.75 Å². The molecule has 0 saturated carbocycles. The van der Waals surface area contributed by atoms with E-state index in [1.54, 1.807) is 7.11 Å². The lowest BCUT2D eigenvalue weighted by atomic mass is 9.91. The van der Waals surface area contributed by atoms with E-state index in [1.165, 1.54) is 0 Å². The molecule has 0 aliphatic heterocycles. The van der Waals surface area contributed by atoms with Gasteiger partial charge in [-0.2, -0.15) is 0 Å². The Labute approximate surface area is 115 Å². The number of carbonyl (C=O) groups is 1. The van der Waals surface area contributed by atoms with E-state index >= 15 is 0 Å². The molecule has 0 spiro atoms. The van der Waals surface area contributed by atoms with E-state index in [0.717, 1.165) is 16.9 Å². The van der Waals surface area contributed by atoms with Gasteiger partial charge in [0.2, 0.25) is 0 Å². The van der Waals surface area contributed by atoms with Crippen molar-refractivity contribution in [2.24, 2.45) is 0 Å². The van der Waals surface area contributed by atoms with Crippen LogP contribution in [0.15, 0.2) is 12.1 Å². The van der Waals surface area contributed by atoms with E-state index in [0.29, 0.717) is 24.0 Å². The van der Waals surface area contributed by atoms with Gasteiger partial charge in [0.1, 0.15) is 5.75 Å². The van der Waals surface area contributed by atoms with Crippen LogP contribution in [-0.4, -0.2) is 19.7 Å². The first-order chi connectivity index (χ1) is 8.92. The van der Waals surface area contributed by atoms with Crippen molar-refractivity contribution in [3.63, 3.8) is 0 Å². The smallest absolute Gasteiger partial charge is 0.338 e. The van der Waals surface area contributed by atoms with Gasteiger partial charge in [-0.3, -0.25) is 0 Å². The molecule has 0 atom stereocenters. The van der Waals surface area contributed by atoms with Crippen molar-refractivity contribution in [2.75, 3.05) is 13.7 Å². The highest BCUT2D eigenvalue weighted by molar-refractivity contribution is 5.90. The zero-order valence-electron chi connectivity index (χ0n) is 12.7. The van der Waals surface area contributed by atoms with E-state index in [9.17, 15) is 4.79 Å². The maximum atomic E-state index is 11.9. The second-order valence-corrected chi connectivity index (χ2v) is 5.22. The SMILES string of the molecule is CCOC(=O)c1cc(C(C)C)c(OC)c(C(C)C)c1. The molecule has 1 aromatic carbocycles. The summed E-state index contributed by atoms with van der Waals surface area (Å²) >= 11 is 0. The van der Waals surface area contributed by atoms with Crippen LogP contribution in [0.1, 0.15) is 67.9 Å². The minimum absolute atomic E-state index is 0.269. The zero-order valence-corrected chi connectivity index (χ0v) is 12.7. The summed E-state index contributed by atoms with van der Waals surface area (Å²) in [5.41, 5.74) is 2.71. The van der Waals surface area contributed by atoms with Crippen molar-refractivity contribution in [1.82, 2.24) is 0 Å². The van der Waals surface area contributed by atoms with Gasteiger partial charge in [-0.1, -0.05) is 27.7 Å². The Hall–Kier alpha value is -1.51. The molecule has 19 heavy (non-hydrogen) atoms. The number of esters is 1. The lowest BCUT2D eigenvalue weighted by Gasteiger charge is -2.19. The maximum Gasteiger partial charge on any atom is 0.338 e. The molecule has 0 aliphatic carbocycles. The quantitative estimate of drug-likeness (QED) is 0.750. The summed E-state index contributed by atoms with van der Waals surface area (Å²) in [7, 11) is 1.68. The van der Waals surface area contributed by atoms with E-state index in [-0.39, 0.29) is 5.97 Å². The van der Waals surface area contributed by atoms with E-state index < -0.39 is 0 Å². The summed E-state index contributed by atoms with van der Waals surface area (Å²) < 4.78 is 10.6. The third-order valence-electron chi connectivity index (χ3n) is 3.11. The highest BCUT2D eigenvalue weighted by Crippen LogP contribution is 2.35. The van der Waals surface area contributed by atoms with Gasteiger partial charge in [0.05, 0.1) is 19.3 Å². The minimum Gasteiger partial charge on any atom is -0.496 e. The van der Waals surface area contributed by atoms with Gasteiger partial charge >= 0.3 is 5.97 Å². The number of ether oxygens (including phenoxy) is 2. The highest BCUT2D eigenvalue weighted by Gasteiger charge is 2.19. The van der Waals surface area contributed by atoms with Gasteiger partial charge < -0.3 is 9.47 Å². The number of carbonyl (C=O) groups excluding carboxylic acids is 1. The molecule has 0 aromatic heterocycles.